The molecule has 0 bridgehead atoms. The topological polar surface area (TPSA) is 32.6 Å². The van der Waals surface area contributed by atoms with Gasteiger partial charge in [-0.3, -0.25) is 4.99 Å². The molecule has 1 heterocycles. The summed E-state index contributed by atoms with van der Waals surface area (Å²) in [5, 5.41) is 12.2. The summed E-state index contributed by atoms with van der Waals surface area (Å²) in [5.41, 5.74) is 1.14. The Morgan fingerprint density at radius 2 is 2.17 bits per heavy atom. The highest BCUT2D eigenvalue weighted by Gasteiger charge is 2.35. The number of hydrogen-bond donors (Lipinski definition) is 1. The van der Waals surface area contributed by atoms with Gasteiger partial charge < -0.3 is 5.11 Å². The molecule has 1 aliphatic heterocycles. The predicted molar refractivity (Wildman–Crippen MR) is 77.6 cm³/mol. The number of aliphatic imine (C=N–C) groups is 1. The van der Waals surface area contributed by atoms with Gasteiger partial charge in [-0.25, -0.2) is 0 Å². The van der Waals surface area contributed by atoms with Crippen LogP contribution >= 0.6 is 23.4 Å². The molecular weight excluding hydrogens is 266 g/mol. The van der Waals surface area contributed by atoms with Crippen LogP contribution in [0.15, 0.2) is 29.3 Å². The number of rotatable bonds is 2. The van der Waals surface area contributed by atoms with E-state index in [-0.39, 0.29) is 6.10 Å². The van der Waals surface area contributed by atoms with Crippen LogP contribution in [0.4, 0.5) is 0 Å². The molecule has 1 saturated carbocycles. The normalized spacial score (nSPS) is 31.0. The minimum Gasteiger partial charge on any atom is -0.393 e. The van der Waals surface area contributed by atoms with Crippen molar-refractivity contribution < 1.29 is 5.11 Å². The minimum atomic E-state index is -0.131. The Balaban J connectivity index is 1.70. The van der Waals surface area contributed by atoms with Crippen molar-refractivity contribution in [3.05, 3.63) is 34.9 Å². The summed E-state index contributed by atoms with van der Waals surface area (Å²) in [6, 6.07) is 8.36. The first-order valence-electron chi connectivity index (χ1n) is 6.37. The lowest BCUT2D eigenvalue weighted by Gasteiger charge is -2.26. The van der Waals surface area contributed by atoms with Crippen LogP contribution in [0.3, 0.4) is 0 Å². The maximum atomic E-state index is 9.69. The van der Waals surface area contributed by atoms with E-state index in [1.807, 2.05) is 30.0 Å². The van der Waals surface area contributed by atoms with E-state index in [9.17, 15) is 5.11 Å². The number of nitrogens with zero attached hydrogens (tertiary/aromatic N) is 1. The van der Waals surface area contributed by atoms with Gasteiger partial charge >= 0.3 is 0 Å². The molecule has 0 spiro atoms. The van der Waals surface area contributed by atoms with Gasteiger partial charge in [0.15, 0.2) is 0 Å². The molecule has 18 heavy (non-hydrogen) atoms. The van der Waals surface area contributed by atoms with Crippen LogP contribution in [0.1, 0.15) is 24.8 Å². The Morgan fingerprint density at radius 1 is 1.33 bits per heavy atom. The monoisotopic (exact) mass is 281 g/mol. The van der Waals surface area contributed by atoms with Crippen LogP contribution in [-0.4, -0.2) is 27.5 Å². The molecule has 96 valence electrons. The van der Waals surface area contributed by atoms with Crippen molar-refractivity contribution in [2.75, 3.05) is 0 Å². The first-order chi connectivity index (χ1) is 8.72. The molecule has 3 atom stereocenters. The summed E-state index contributed by atoms with van der Waals surface area (Å²) in [6.45, 7) is 0. The van der Waals surface area contributed by atoms with Gasteiger partial charge in [0.2, 0.25) is 0 Å². The van der Waals surface area contributed by atoms with Crippen LogP contribution in [-0.2, 0) is 6.42 Å². The van der Waals surface area contributed by atoms with Crippen molar-refractivity contribution in [3.63, 3.8) is 0 Å². The second kappa shape index (κ2) is 5.24. The highest BCUT2D eigenvalue weighted by Crippen LogP contribution is 2.38. The molecule has 1 N–H and O–H groups in total. The smallest absolute Gasteiger partial charge is 0.0727 e. The van der Waals surface area contributed by atoms with Gasteiger partial charge in [-0.15, -0.1) is 11.8 Å². The molecule has 1 aromatic carbocycles. The predicted octanol–water partition coefficient (Wildman–Crippen LogP) is 3.31. The van der Waals surface area contributed by atoms with Gasteiger partial charge in [0.25, 0.3) is 0 Å². The average Bonchev–Trinajstić information content (AvgIpc) is 2.73. The summed E-state index contributed by atoms with van der Waals surface area (Å²) in [5.74, 6) is 0. The highest BCUT2D eigenvalue weighted by atomic mass is 35.5. The molecule has 4 heteroatoms. The van der Waals surface area contributed by atoms with E-state index in [1.54, 1.807) is 0 Å². The van der Waals surface area contributed by atoms with Gasteiger partial charge in [-0.1, -0.05) is 29.8 Å². The summed E-state index contributed by atoms with van der Waals surface area (Å²) in [7, 11) is 0. The lowest BCUT2D eigenvalue weighted by molar-refractivity contribution is 0.127. The van der Waals surface area contributed by atoms with E-state index in [4.69, 9.17) is 16.6 Å². The molecule has 1 aliphatic carbocycles. The van der Waals surface area contributed by atoms with E-state index in [1.165, 1.54) is 5.04 Å². The quantitative estimate of drug-likeness (QED) is 0.902. The maximum absolute atomic E-state index is 9.69. The summed E-state index contributed by atoms with van der Waals surface area (Å²) < 4.78 is 0. The lowest BCUT2D eigenvalue weighted by atomic mass is 9.93. The Bertz CT molecular complexity index is 477. The van der Waals surface area contributed by atoms with Crippen LogP contribution in [0.5, 0.6) is 0 Å². The number of fused-ring (bicyclic) bond motifs is 1. The SMILES string of the molecule is OC1CCC2N=C(Cc3ccccc3Cl)SC2C1. The largest absolute Gasteiger partial charge is 0.393 e. The fourth-order valence-electron chi connectivity index (χ4n) is 2.65. The van der Waals surface area contributed by atoms with Gasteiger partial charge in [0.05, 0.1) is 17.2 Å². The summed E-state index contributed by atoms with van der Waals surface area (Å²) >= 11 is 8.01. The number of hydrogen-bond acceptors (Lipinski definition) is 3. The second-order valence-electron chi connectivity index (χ2n) is 4.98. The van der Waals surface area contributed by atoms with Gasteiger partial charge in [-0.2, -0.15) is 0 Å². The van der Waals surface area contributed by atoms with Crippen LogP contribution in [0, 0.1) is 0 Å². The van der Waals surface area contributed by atoms with E-state index >= 15 is 0 Å². The first kappa shape index (κ1) is 12.5. The Labute approximate surface area is 116 Å². The molecule has 0 amide bonds. The molecular formula is C14H16ClNOS. The number of benzene rings is 1. The fourth-order valence-corrected chi connectivity index (χ4v) is 4.31. The molecule has 0 radical (unpaired) electrons. The van der Waals surface area contributed by atoms with Crippen molar-refractivity contribution in [2.45, 2.75) is 43.1 Å². The number of halogens is 1. The van der Waals surface area contributed by atoms with E-state index in [2.05, 4.69) is 6.07 Å². The zero-order chi connectivity index (χ0) is 12.5. The fraction of sp³-hybridized carbons (Fsp3) is 0.500. The second-order valence-corrected chi connectivity index (χ2v) is 6.70. The van der Waals surface area contributed by atoms with E-state index in [0.717, 1.165) is 36.3 Å². The third-order valence-corrected chi connectivity index (χ3v) is 5.33. The molecule has 2 aliphatic rings. The molecule has 0 aromatic heterocycles. The van der Waals surface area contributed by atoms with Crippen LogP contribution in [0.25, 0.3) is 0 Å². The third kappa shape index (κ3) is 2.58. The van der Waals surface area contributed by atoms with Crippen molar-refractivity contribution in [1.29, 1.82) is 0 Å². The zero-order valence-electron chi connectivity index (χ0n) is 10.1. The van der Waals surface area contributed by atoms with Crippen molar-refractivity contribution in [3.8, 4) is 0 Å². The molecule has 2 nitrogen and oxygen atoms in total. The summed E-state index contributed by atoms with van der Waals surface area (Å²) in [4.78, 5) is 4.79. The third-order valence-electron chi connectivity index (χ3n) is 3.63. The zero-order valence-corrected chi connectivity index (χ0v) is 11.6. The lowest BCUT2D eigenvalue weighted by Crippen LogP contribution is -2.30. The van der Waals surface area contributed by atoms with Crippen molar-refractivity contribution >= 4 is 28.4 Å². The number of aliphatic hydroxyl groups is 1. The summed E-state index contributed by atoms with van der Waals surface area (Å²) in [6.07, 6.45) is 3.49. The molecule has 3 rings (SSSR count). The molecule has 0 saturated heterocycles. The van der Waals surface area contributed by atoms with Gasteiger partial charge in [0, 0.05) is 16.7 Å². The standard InChI is InChI=1S/C14H16ClNOS/c15-11-4-2-1-3-9(11)7-14-16-12-6-5-10(17)8-13(12)18-14/h1-4,10,12-13,17H,5-8H2. The average molecular weight is 282 g/mol. The minimum absolute atomic E-state index is 0.131. The molecule has 1 fully saturated rings. The Hall–Kier alpha value is -0.510. The van der Waals surface area contributed by atoms with Crippen LogP contribution < -0.4 is 0 Å². The Kier molecular flexibility index (Phi) is 3.64. The Morgan fingerprint density at radius 3 is 3.00 bits per heavy atom. The van der Waals surface area contributed by atoms with Gasteiger partial charge in [-0.05, 0) is 30.9 Å². The number of aliphatic hydroxyl groups excluding tert-OH is 1. The van der Waals surface area contributed by atoms with Crippen LogP contribution in [0.2, 0.25) is 5.02 Å². The number of thioether (sulfide) groups is 1. The van der Waals surface area contributed by atoms with Crippen molar-refractivity contribution in [2.24, 2.45) is 4.99 Å². The van der Waals surface area contributed by atoms with E-state index in [0.29, 0.717) is 11.3 Å². The highest BCUT2D eigenvalue weighted by molar-refractivity contribution is 8.14. The molecule has 3 unspecified atom stereocenters. The van der Waals surface area contributed by atoms with Gasteiger partial charge in [0.1, 0.15) is 0 Å². The first-order valence-corrected chi connectivity index (χ1v) is 7.63. The molecule has 1 aromatic rings. The maximum Gasteiger partial charge on any atom is 0.0727 e. The van der Waals surface area contributed by atoms with Crippen molar-refractivity contribution in [1.82, 2.24) is 0 Å². The van der Waals surface area contributed by atoms with E-state index < -0.39 is 0 Å².